The molecule has 4 rings (SSSR count). The van der Waals surface area contributed by atoms with Gasteiger partial charge < -0.3 is 24.6 Å². The van der Waals surface area contributed by atoms with Crippen molar-refractivity contribution < 1.29 is 14.3 Å². The van der Waals surface area contributed by atoms with Crippen molar-refractivity contribution >= 4 is 17.4 Å². The highest BCUT2D eigenvalue weighted by Gasteiger charge is 2.23. The van der Waals surface area contributed by atoms with Crippen LogP contribution in [0.15, 0.2) is 42.5 Å². The smallest absolute Gasteiger partial charge is 0.321 e. The fourth-order valence-electron chi connectivity index (χ4n) is 3.32. The highest BCUT2D eigenvalue weighted by molar-refractivity contribution is 5.90. The number of carbonyl (C=O) groups excluding carboxylic acids is 1. The van der Waals surface area contributed by atoms with E-state index in [0.717, 1.165) is 5.69 Å². The van der Waals surface area contributed by atoms with E-state index in [4.69, 9.17) is 9.47 Å². The number of hydrogen-bond acceptors (Lipinski definition) is 5. The lowest BCUT2D eigenvalue weighted by molar-refractivity contribution is 0.171. The SMILES string of the molecule is N#Cc1ccccc1N1CCN(C(=O)Nc2ccc3c(c2)OCCO3)CC1. The van der Waals surface area contributed by atoms with Gasteiger partial charge in [-0.3, -0.25) is 0 Å². The Bertz CT molecular complexity index is 885. The summed E-state index contributed by atoms with van der Waals surface area (Å²) in [6.07, 6.45) is 0. The normalized spacial score (nSPS) is 15.8. The van der Waals surface area contributed by atoms with Crippen LogP contribution in [-0.4, -0.2) is 50.3 Å². The molecule has 2 heterocycles. The summed E-state index contributed by atoms with van der Waals surface area (Å²) < 4.78 is 11.0. The van der Waals surface area contributed by atoms with E-state index in [1.807, 2.05) is 30.3 Å². The van der Waals surface area contributed by atoms with Crippen LogP contribution in [-0.2, 0) is 0 Å². The zero-order chi connectivity index (χ0) is 18.6. The van der Waals surface area contributed by atoms with E-state index in [1.54, 1.807) is 17.0 Å². The van der Waals surface area contributed by atoms with Crippen molar-refractivity contribution in [1.82, 2.24) is 4.90 Å². The number of para-hydroxylation sites is 1. The first-order valence-electron chi connectivity index (χ1n) is 8.94. The number of benzene rings is 2. The highest BCUT2D eigenvalue weighted by Crippen LogP contribution is 2.32. The van der Waals surface area contributed by atoms with E-state index < -0.39 is 0 Å². The summed E-state index contributed by atoms with van der Waals surface area (Å²) in [5.41, 5.74) is 2.26. The number of nitrogens with one attached hydrogen (secondary N) is 1. The van der Waals surface area contributed by atoms with E-state index in [0.29, 0.717) is 62.1 Å². The number of rotatable bonds is 2. The molecule has 0 radical (unpaired) electrons. The maximum absolute atomic E-state index is 12.6. The minimum Gasteiger partial charge on any atom is -0.486 e. The Hall–Kier alpha value is -3.40. The van der Waals surface area contributed by atoms with Gasteiger partial charge in [0, 0.05) is 37.9 Å². The van der Waals surface area contributed by atoms with E-state index in [2.05, 4.69) is 16.3 Å². The van der Waals surface area contributed by atoms with Crippen LogP contribution in [0, 0.1) is 11.3 Å². The predicted octanol–water partition coefficient (Wildman–Crippen LogP) is 2.68. The average Bonchev–Trinajstić information content (AvgIpc) is 2.73. The highest BCUT2D eigenvalue weighted by atomic mass is 16.6. The molecule has 0 unspecified atom stereocenters. The van der Waals surface area contributed by atoms with Crippen molar-refractivity contribution in [2.45, 2.75) is 0 Å². The van der Waals surface area contributed by atoms with E-state index in [9.17, 15) is 10.1 Å². The number of hydrogen-bond donors (Lipinski definition) is 1. The summed E-state index contributed by atoms with van der Waals surface area (Å²) in [6, 6.07) is 15.0. The van der Waals surface area contributed by atoms with Crippen LogP contribution < -0.4 is 19.7 Å². The summed E-state index contributed by atoms with van der Waals surface area (Å²) in [5, 5.41) is 12.2. The van der Waals surface area contributed by atoms with Crippen LogP contribution in [0.2, 0.25) is 0 Å². The van der Waals surface area contributed by atoms with Gasteiger partial charge in [-0.25, -0.2) is 4.79 Å². The van der Waals surface area contributed by atoms with Crippen molar-refractivity contribution in [3.63, 3.8) is 0 Å². The number of piperazine rings is 1. The maximum atomic E-state index is 12.6. The standard InChI is InChI=1S/C20H20N4O3/c21-14-15-3-1-2-4-17(15)23-7-9-24(10-8-23)20(25)22-16-5-6-18-19(13-16)27-12-11-26-18/h1-6,13H,7-12H2,(H,22,25). The van der Waals surface area contributed by atoms with Gasteiger partial charge in [0.25, 0.3) is 0 Å². The van der Waals surface area contributed by atoms with Crippen LogP contribution in [0.5, 0.6) is 11.5 Å². The quantitative estimate of drug-likeness (QED) is 0.886. The summed E-state index contributed by atoms with van der Waals surface area (Å²) in [4.78, 5) is 16.5. The van der Waals surface area contributed by atoms with Crippen LogP contribution in [0.1, 0.15) is 5.56 Å². The number of nitrogens with zero attached hydrogens (tertiary/aromatic N) is 3. The fraction of sp³-hybridized carbons (Fsp3) is 0.300. The number of carbonyl (C=O) groups is 1. The second-order valence-corrected chi connectivity index (χ2v) is 6.39. The molecule has 2 aromatic carbocycles. The molecule has 2 amide bonds. The molecule has 0 aromatic heterocycles. The topological polar surface area (TPSA) is 77.8 Å². The van der Waals surface area contributed by atoms with Gasteiger partial charge in [-0.2, -0.15) is 5.26 Å². The molecule has 2 aromatic rings. The Kier molecular flexibility index (Phi) is 4.71. The van der Waals surface area contributed by atoms with Crippen molar-refractivity contribution in [1.29, 1.82) is 5.26 Å². The Morgan fingerprint density at radius 3 is 2.52 bits per heavy atom. The summed E-state index contributed by atoms with van der Waals surface area (Å²) in [6.45, 7) is 3.61. The largest absolute Gasteiger partial charge is 0.486 e. The van der Waals surface area contributed by atoms with E-state index >= 15 is 0 Å². The number of anilines is 2. The molecule has 2 aliphatic rings. The van der Waals surface area contributed by atoms with Crippen LogP contribution in [0.25, 0.3) is 0 Å². The van der Waals surface area contributed by atoms with Crippen LogP contribution in [0.4, 0.5) is 16.2 Å². The molecule has 1 N–H and O–H groups in total. The lowest BCUT2D eigenvalue weighted by atomic mass is 10.1. The molecule has 138 valence electrons. The molecule has 0 bridgehead atoms. The number of nitriles is 1. The zero-order valence-corrected chi connectivity index (χ0v) is 14.9. The molecular weight excluding hydrogens is 344 g/mol. The summed E-state index contributed by atoms with van der Waals surface area (Å²) >= 11 is 0. The lowest BCUT2D eigenvalue weighted by Gasteiger charge is -2.36. The van der Waals surface area contributed by atoms with Crippen LogP contribution >= 0.6 is 0 Å². The zero-order valence-electron chi connectivity index (χ0n) is 14.9. The Morgan fingerprint density at radius 2 is 1.74 bits per heavy atom. The van der Waals surface area contributed by atoms with Gasteiger partial charge in [-0.05, 0) is 24.3 Å². The molecule has 2 aliphatic heterocycles. The molecule has 0 atom stereocenters. The predicted molar refractivity (Wildman–Crippen MR) is 101 cm³/mol. The van der Waals surface area contributed by atoms with E-state index in [1.165, 1.54) is 0 Å². The summed E-state index contributed by atoms with van der Waals surface area (Å²) in [7, 11) is 0. The van der Waals surface area contributed by atoms with Gasteiger partial charge >= 0.3 is 6.03 Å². The third-order valence-electron chi connectivity index (χ3n) is 4.73. The van der Waals surface area contributed by atoms with Gasteiger partial charge in [0.15, 0.2) is 11.5 Å². The number of ether oxygens (including phenoxy) is 2. The van der Waals surface area contributed by atoms with Crippen molar-refractivity contribution in [2.75, 3.05) is 49.6 Å². The second kappa shape index (κ2) is 7.46. The van der Waals surface area contributed by atoms with E-state index in [-0.39, 0.29) is 6.03 Å². The minimum absolute atomic E-state index is 0.139. The molecule has 0 aliphatic carbocycles. The first-order chi connectivity index (χ1) is 13.2. The Labute approximate surface area is 157 Å². The molecule has 7 nitrogen and oxygen atoms in total. The average molecular weight is 364 g/mol. The number of fused-ring (bicyclic) bond motifs is 1. The Balaban J connectivity index is 1.37. The number of urea groups is 1. The molecule has 0 spiro atoms. The van der Waals surface area contributed by atoms with Gasteiger partial charge in [-0.15, -0.1) is 0 Å². The first-order valence-corrected chi connectivity index (χ1v) is 8.94. The maximum Gasteiger partial charge on any atom is 0.321 e. The monoisotopic (exact) mass is 364 g/mol. The minimum atomic E-state index is -0.139. The third-order valence-corrected chi connectivity index (χ3v) is 4.73. The fourth-order valence-corrected chi connectivity index (χ4v) is 3.32. The van der Waals surface area contributed by atoms with Crippen molar-refractivity contribution in [2.24, 2.45) is 0 Å². The van der Waals surface area contributed by atoms with Crippen molar-refractivity contribution in [3.05, 3.63) is 48.0 Å². The molecule has 27 heavy (non-hydrogen) atoms. The molecule has 1 fully saturated rings. The first kappa shape index (κ1) is 17.0. The molecule has 7 heteroatoms. The third kappa shape index (κ3) is 3.60. The molecule has 0 saturated carbocycles. The summed E-state index contributed by atoms with van der Waals surface area (Å²) in [5.74, 6) is 1.35. The lowest BCUT2D eigenvalue weighted by Crippen LogP contribution is -2.50. The Morgan fingerprint density at radius 1 is 1.00 bits per heavy atom. The van der Waals surface area contributed by atoms with Gasteiger partial charge in [-0.1, -0.05) is 12.1 Å². The van der Waals surface area contributed by atoms with Gasteiger partial charge in [0.1, 0.15) is 19.3 Å². The van der Waals surface area contributed by atoms with Crippen LogP contribution in [0.3, 0.4) is 0 Å². The second-order valence-electron chi connectivity index (χ2n) is 6.39. The van der Waals surface area contributed by atoms with Crippen molar-refractivity contribution in [3.8, 4) is 17.6 Å². The number of amides is 2. The molecule has 1 saturated heterocycles. The van der Waals surface area contributed by atoms with Gasteiger partial charge in [0.2, 0.25) is 0 Å². The van der Waals surface area contributed by atoms with Gasteiger partial charge in [0.05, 0.1) is 11.3 Å². The molecular formula is C20H20N4O3.